The average molecular weight is 447 g/mol. The summed E-state index contributed by atoms with van der Waals surface area (Å²) in [6.45, 7) is 0.154. The summed E-state index contributed by atoms with van der Waals surface area (Å²) in [6, 6.07) is 25.9. The standard InChI is InChI=1S/C25H23FN4OS/c1-30(25-27-22(29-32-25)16-18-12-14-21(26)15-13-18)17-23(31)28-24(19-8-4-2-5-9-19)20-10-6-3-7-11-20/h2-15,24H,16-17H2,1H3,(H,28,31). The van der Waals surface area contributed by atoms with Gasteiger partial charge in [-0.15, -0.1) is 0 Å². The van der Waals surface area contributed by atoms with Gasteiger partial charge >= 0.3 is 0 Å². The second-order valence-electron chi connectivity index (χ2n) is 7.47. The Hall–Kier alpha value is -3.58. The van der Waals surface area contributed by atoms with Gasteiger partial charge in [0.1, 0.15) is 11.6 Å². The number of carbonyl (C=O) groups excluding carboxylic acids is 1. The highest BCUT2D eigenvalue weighted by Gasteiger charge is 2.19. The monoisotopic (exact) mass is 446 g/mol. The Balaban J connectivity index is 1.41. The molecule has 0 spiro atoms. The van der Waals surface area contributed by atoms with Crippen LogP contribution in [0.2, 0.25) is 0 Å². The van der Waals surface area contributed by atoms with Gasteiger partial charge in [0.05, 0.1) is 12.6 Å². The van der Waals surface area contributed by atoms with E-state index in [-0.39, 0.29) is 24.3 Å². The molecule has 7 heteroatoms. The van der Waals surface area contributed by atoms with Crippen LogP contribution in [0.1, 0.15) is 28.6 Å². The van der Waals surface area contributed by atoms with Crippen molar-refractivity contribution in [2.24, 2.45) is 0 Å². The van der Waals surface area contributed by atoms with Crippen molar-refractivity contribution in [2.45, 2.75) is 12.5 Å². The topological polar surface area (TPSA) is 58.1 Å². The number of nitrogens with one attached hydrogen (secondary N) is 1. The first-order chi connectivity index (χ1) is 15.6. The van der Waals surface area contributed by atoms with Gasteiger partial charge in [0.15, 0.2) is 0 Å². The summed E-state index contributed by atoms with van der Waals surface area (Å²) < 4.78 is 17.5. The van der Waals surface area contributed by atoms with Crippen molar-refractivity contribution in [1.29, 1.82) is 0 Å². The normalized spacial score (nSPS) is 10.8. The maximum absolute atomic E-state index is 13.1. The second kappa shape index (κ2) is 10.2. The van der Waals surface area contributed by atoms with Crippen LogP contribution in [-0.2, 0) is 11.2 Å². The predicted octanol–water partition coefficient (Wildman–Crippen LogP) is 4.61. The molecule has 1 N–H and O–H groups in total. The third-order valence-corrected chi connectivity index (χ3v) is 5.88. The molecule has 0 radical (unpaired) electrons. The summed E-state index contributed by atoms with van der Waals surface area (Å²) in [5.74, 6) is 0.270. The van der Waals surface area contributed by atoms with E-state index in [9.17, 15) is 9.18 Å². The summed E-state index contributed by atoms with van der Waals surface area (Å²) in [5, 5.41) is 3.80. The third kappa shape index (κ3) is 5.56. The van der Waals surface area contributed by atoms with E-state index in [2.05, 4.69) is 14.7 Å². The number of amides is 1. The minimum atomic E-state index is -0.268. The molecule has 162 valence electrons. The lowest BCUT2D eigenvalue weighted by Gasteiger charge is -2.22. The quantitative estimate of drug-likeness (QED) is 0.429. The van der Waals surface area contributed by atoms with Crippen LogP contribution in [-0.4, -0.2) is 28.9 Å². The first-order valence-electron chi connectivity index (χ1n) is 10.3. The molecule has 0 unspecified atom stereocenters. The van der Waals surface area contributed by atoms with E-state index in [1.165, 1.54) is 23.7 Å². The van der Waals surface area contributed by atoms with Crippen LogP contribution in [0.4, 0.5) is 9.52 Å². The number of carbonyl (C=O) groups is 1. The SMILES string of the molecule is CN(CC(=O)NC(c1ccccc1)c1ccccc1)c1nc(Cc2ccc(F)cc2)ns1. The minimum Gasteiger partial charge on any atom is -0.344 e. The van der Waals surface area contributed by atoms with Crippen LogP contribution >= 0.6 is 11.5 Å². The van der Waals surface area contributed by atoms with Gasteiger partial charge in [-0.1, -0.05) is 72.8 Å². The number of aromatic nitrogens is 2. The summed E-state index contributed by atoms with van der Waals surface area (Å²) in [5.41, 5.74) is 2.98. The van der Waals surface area contributed by atoms with E-state index in [0.29, 0.717) is 17.4 Å². The number of nitrogens with zero attached hydrogens (tertiary/aromatic N) is 3. The zero-order valence-electron chi connectivity index (χ0n) is 17.6. The summed E-state index contributed by atoms with van der Waals surface area (Å²) in [4.78, 5) is 19.2. The molecule has 1 aromatic heterocycles. The molecule has 0 saturated heterocycles. The Kier molecular flexibility index (Phi) is 6.87. The van der Waals surface area contributed by atoms with Gasteiger partial charge in [-0.05, 0) is 28.8 Å². The first-order valence-corrected chi connectivity index (χ1v) is 11.0. The van der Waals surface area contributed by atoms with Crippen molar-refractivity contribution in [2.75, 3.05) is 18.5 Å². The summed E-state index contributed by atoms with van der Waals surface area (Å²) in [7, 11) is 1.82. The van der Waals surface area contributed by atoms with Gasteiger partial charge in [-0.3, -0.25) is 4.79 Å². The minimum absolute atomic E-state index is 0.111. The van der Waals surface area contributed by atoms with E-state index in [0.717, 1.165) is 16.7 Å². The van der Waals surface area contributed by atoms with Crippen molar-refractivity contribution in [1.82, 2.24) is 14.7 Å². The van der Waals surface area contributed by atoms with Crippen molar-refractivity contribution >= 4 is 22.6 Å². The molecule has 0 fully saturated rings. The molecule has 0 aliphatic rings. The third-order valence-electron chi connectivity index (χ3n) is 5.01. The van der Waals surface area contributed by atoms with E-state index >= 15 is 0 Å². The lowest BCUT2D eigenvalue weighted by Crippen LogP contribution is -2.37. The van der Waals surface area contributed by atoms with Gasteiger partial charge < -0.3 is 10.2 Å². The van der Waals surface area contributed by atoms with E-state index in [1.54, 1.807) is 17.0 Å². The van der Waals surface area contributed by atoms with Crippen LogP contribution in [0, 0.1) is 5.82 Å². The highest BCUT2D eigenvalue weighted by Crippen LogP contribution is 2.22. The average Bonchev–Trinajstić information content (AvgIpc) is 3.29. The van der Waals surface area contributed by atoms with Crippen molar-refractivity contribution in [3.05, 3.63) is 113 Å². The van der Waals surface area contributed by atoms with Crippen molar-refractivity contribution in [3.8, 4) is 0 Å². The fourth-order valence-corrected chi connectivity index (χ4v) is 4.04. The largest absolute Gasteiger partial charge is 0.344 e. The number of hydrogen-bond acceptors (Lipinski definition) is 5. The molecule has 0 aliphatic heterocycles. The van der Waals surface area contributed by atoms with Crippen LogP contribution in [0.5, 0.6) is 0 Å². The maximum Gasteiger partial charge on any atom is 0.240 e. The Labute approximate surface area is 190 Å². The van der Waals surface area contributed by atoms with Crippen LogP contribution < -0.4 is 10.2 Å². The lowest BCUT2D eigenvalue weighted by atomic mass is 9.99. The fourth-order valence-electron chi connectivity index (χ4n) is 3.40. The predicted molar refractivity (Wildman–Crippen MR) is 125 cm³/mol. The van der Waals surface area contributed by atoms with E-state index in [4.69, 9.17) is 0 Å². The van der Waals surface area contributed by atoms with Gasteiger partial charge in [-0.2, -0.15) is 4.37 Å². The number of benzene rings is 3. The Morgan fingerprint density at radius 3 is 2.16 bits per heavy atom. The zero-order chi connectivity index (χ0) is 22.3. The Morgan fingerprint density at radius 2 is 1.56 bits per heavy atom. The molecule has 1 heterocycles. The van der Waals surface area contributed by atoms with Crippen LogP contribution in [0.25, 0.3) is 0 Å². The van der Waals surface area contributed by atoms with Crippen molar-refractivity contribution in [3.63, 3.8) is 0 Å². The summed E-state index contributed by atoms with van der Waals surface area (Å²) in [6.07, 6.45) is 0.515. The summed E-state index contributed by atoms with van der Waals surface area (Å²) >= 11 is 1.24. The first kappa shape index (κ1) is 21.6. The number of rotatable bonds is 8. The number of halogens is 1. The highest BCUT2D eigenvalue weighted by molar-refractivity contribution is 7.09. The molecular weight excluding hydrogens is 423 g/mol. The van der Waals surface area contributed by atoms with Gasteiger partial charge in [0.2, 0.25) is 11.0 Å². The van der Waals surface area contributed by atoms with Gasteiger partial charge in [-0.25, -0.2) is 9.37 Å². The molecule has 3 aromatic carbocycles. The second-order valence-corrected chi connectivity index (χ2v) is 8.20. The molecule has 0 bridgehead atoms. The van der Waals surface area contributed by atoms with Gasteiger partial charge in [0, 0.05) is 25.0 Å². The van der Waals surface area contributed by atoms with Crippen LogP contribution in [0.15, 0.2) is 84.9 Å². The molecule has 4 aromatic rings. The number of likely N-dealkylation sites (N-methyl/N-ethyl adjacent to an activating group) is 1. The number of hydrogen-bond donors (Lipinski definition) is 1. The Morgan fingerprint density at radius 1 is 0.969 bits per heavy atom. The van der Waals surface area contributed by atoms with Crippen LogP contribution in [0.3, 0.4) is 0 Å². The molecule has 0 saturated carbocycles. The van der Waals surface area contributed by atoms with Crippen molar-refractivity contribution < 1.29 is 9.18 Å². The lowest BCUT2D eigenvalue weighted by molar-refractivity contribution is -0.120. The smallest absolute Gasteiger partial charge is 0.240 e. The Bertz CT molecular complexity index is 1110. The molecule has 0 aliphatic carbocycles. The fraction of sp³-hybridized carbons (Fsp3) is 0.160. The van der Waals surface area contributed by atoms with E-state index in [1.807, 2.05) is 67.7 Å². The van der Waals surface area contributed by atoms with Gasteiger partial charge in [0.25, 0.3) is 0 Å². The molecule has 5 nitrogen and oxygen atoms in total. The van der Waals surface area contributed by atoms with E-state index < -0.39 is 0 Å². The molecular formula is C25H23FN4OS. The number of anilines is 1. The molecule has 4 rings (SSSR count). The molecule has 32 heavy (non-hydrogen) atoms. The molecule has 0 atom stereocenters. The molecule has 1 amide bonds. The maximum atomic E-state index is 13.1. The zero-order valence-corrected chi connectivity index (χ0v) is 18.4. The highest BCUT2D eigenvalue weighted by atomic mass is 32.1.